The van der Waals surface area contributed by atoms with Crippen LogP contribution < -0.4 is 16.4 Å². The van der Waals surface area contributed by atoms with Crippen LogP contribution in [-0.2, 0) is 9.53 Å². The number of nitrogens with zero attached hydrogens (tertiary/aromatic N) is 1. The molecule has 0 fully saturated rings. The molecule has 3 rings (SSSR count). The number of amides is 2. The van der Waals surface area contributed by atoms with Gasteiger partial charge in [0.25, 0.3) is 0 Å². The van der Waals surface area contributed by atoms with Crippen molar-refractivity contribution in [3.63, 3.8) is 0 Å². The average Bonchev–Trinajstić information content (AvgIpc) is 3.01. The van der Waals surface area contributed by atoms with Crippen molar-refractivity contribution in [1.29, 1.82) is 5.26 Å². The van der Waals surface area contributed by atoms with Gasteiger partial charge in [0.05, 0.1) is 16.9 Å². The maximum Gasteiger partial charge on any atom is 0.412 e. The van der Waals surface area contributed by atoms with Crippen LogP contribution in [0.15, 0.2) is 30.3 Å². The summed E-state index contributed by atoms with van der Waals surface area (Å²) in [6.07, 6.45) is -0.279. The average molecular weight is 426 g/mol. The number of carbonyl (C=O) groups excluding carboxylic acids is 2. The number of ether oxygens (including phenoxy) is 1. The first kappa shape index (κ1) is 21.1. The van der Waals surface area contributed by atoms with Gasteiger partial charge in [-0.3, -0.25) is 10.1 Å². The number of halogens is 1. The van der Waals surface area contributed by atoms with E-state index >= 15 is 0 Å². The zero-order valence-corrected chi connectivity index (χ0v) is 17.3. The number of nitrogen functional groups attached to an aromatic ring is 1. The van der Waals surface area contributed by atoms with Gasteiger partial charge in [0.2, 0.25) is 6.41 Å². The smallest absolute Gasteiger partial charge is 0.412 e. The highest BCUT2D eigenvalue weighted by molar-refractivity contribution is 7.23. The maximum absolute atomic E-state index is 15.0. The number of nitriles is 1. The van der Waals surface area contributed by atoms with Crippen molar-refractivity contribution in [2.75, 3.05) is 16.4 Å². The second kappa shape index (κ2) is 8.00. The van der Waals surface area contributed by atoms with Gasteiger partial charge < -0.3 is 15.8 Å². The second-order valence-corrected chi connectivity index (χ2v) is 8.43. The maximum atomic E-state index is 15.0. The van der Waals surface area contributed by atoms with E-state index in [0.717, 1.165) is 0 Å². The SMILES string of the molecule is CC(C)(C)OC(=O)Nc1sc2cccc(-c3ccc(NC=O)c(N)c3F)c2c1C#N. The van der Waals surface area contributed by atoms with Crippen LogP contribution in [0.5, 0.6) is 0 Å². The van der Waals surface area contributed by atoms with Gasteiger partial charge >= 0.3 is 6.09 Å². The standard InChI is InChI=1S/C21H19FN4O3S/c1-21(2,3)29-20(28)26-19-13(9-23)16-11(5-4-6-15(16)30-19)12-7-8-14(25-10-27)18(24)17(12)22/h4-8,10H,24H2,1-3H3,(H,25,27)(H,26,28). The summed E-state index contributed by atoms with van der Waals surface area (Å²) in [6, 6.07) is 10.2. The van der Waals surface area contributed by atoms with Crippen molar-refractivity contribution in [1.82, 2.24) is 0 Å². The Balaban J connectivity index is 2.14. The quantitative estimate of drug-likeness (QED) is 0.397. The third kappa shape index (κ3) is 4.04. The molecule has 0 saturated carbocycles. The molecule has 0 radical (unpaired) electrons. The minimum absolute atomic E-state index is 0.150. The number of hydrogen-bond acceptors (Lipinski definition) is 6. The molecule has 0 unspecified atom stereocenters. The molecule has 1 heterocycles. The summed E-state index contributed by atoms with van der Waals surface area (Å²) in [5, 5.41) is 15.5. The summed E-state index contributed by atoms with van der Waals surface area (Å²) in [5.41, 5.74) is 5.88. The van der Waals surface area contributed by atoms with E-state index in [4.69, 9.17) is 10.5 Å². The summed E-state index contributed by atoms with van der Waals surface area (Å²) in [5.74, 6) is -0.717. The van der Waals surface area contributed by atoms with Crippen LogP contribution in [0.4, 0.5) is 25.6 Å². The van der Waals surface area contributed by atoms with Crippen LogP contribution >= 0.6 is 11.3 Å². The molecular weight excluding hydrogens is 407 g/mol. The summed E-state index contributed by atoms with van der Waals surface area (Å²) < 4.78 is 20.9. The highest BCUT2D eigenvalue weighted by atomic mass is 32.1. The molecule has 1 aromatic heterocycles. The van der Waals surface area contributed by atoms with E-state index in [1.807, 2.05) is 0 Å². The molecule has 4 N–H and O–H groups in total. The van der Waals surface area contributed by atoms with E-state index in [1.54, 1.807) is 39.0 Å². The first-order valence-electron chi connectivity index (χ1n) is 8.90. The molecule has 0 aliphatic carbocycles. The first-order chi connectivity index (χ1) is 14.2. The molecule has 30 heavy (non-hydrogen) atoms. The molecule has 2 amide bonds. The zero-order chi connectivity index (χ0) is 22.1. The number of nitrogens with one attached hydrogen (secondary N) is 2. The zero-order valence-electron chi connectivity index (χ0n) is 16.5. The van der Waals surface area contributed by atoms with E-state index in [-0.39, 0.29) is 22.5 Å². The van der Waals surface area contributed by atoms with Crippen molar-refractivity contribution in [3.8, 4) is 17.2 Å². The highest BCUT2D eigenvalue weighted by Gasteiger charge is 2.23. The molecule has 0 saturated heterocycles. The molecule has 7 nitrogen and oxygen atoms in total. The van der Waals surface area contributed by atoms with Crippen molar-refractivity contribution in [3.05, 3.63) is 41.7 Å². The topological polar surface area (TPSA) is 117 Å². The predicted molar refractivity (Wildman–Crippen MR) is 116 cm³/mol. The largest absolute Gasteiger partial charge is 0.444 e. The Morgan fingerprint density at radius 2 is 2.00 bits per heavy atom. The number of hydrogen-bond donors (Lipinski definition) is 3. The van der Waals surface area contributed by atoms with Crippen molar-refractivity contribution in [2.45, 2.75) is 26.4 Å². The van der Waals surface area contributed by atoms with Crippen molar-refractivity contribution in [2.24, 2.45) is 0 Å². The van der Waals surface area contributed by atoms with Gasteiger partial charge in [0.15, 0.2) is 5.82 Å². The summed E-state index contributed by atoms with van der Waals surface area (Å²) in [7, 11) is 0. The minimum atomic E-state index is -0.717. The molecule has 0 atom stereocenters. The van der Waals surface area contributed by atoms with E-state index in [1.165, 1.54) is 23.5 Å². The van der Waals surface area contributed by atoms with Gasteiger partial charge in [-0.25, -0.2) is 9.18 Å². The fourth-order valence-corrected chi connectivity index (χ4v) is 4.02. The number of rotatable bonds is 4. The Hall–Kier alpha value is -3.64. The third-order valence-corrected chi connectivity index (χ3v) is 5.20. The normalized spacial score (nSPS) is 11.0. The van der Waals surface area contributed by atoms with Crippen LogP contribution in [0, 0.1) is 17.1 Å². The van der Waals surface area contributed by atoms with Gasteiger partial charge in [-0.05, 0) is 44.5 Å². The lowest BCUT2D eigenvalue weighted by Crippen LogP contribution is -2.27. The Labute approximate surface area is 176 Å². The molecule has 0 bridgehead atoms. The van der Waals surface area contributed by atoms with Gasteiger partial charge in [-0.2, -0.15) is 5.26 Å². The minimum Gasteiger partial charge on any atom is -0.444 e. The van der Waals surface area contributed by atoms with Crippen molar-refractivity contribution < 1.29 is 18.7 Å². The lowest BCUT2D eigenvalue weighted by atomic mass is 9.98. The van der Waals surface area contributed by atoms with Crippen molar-refractivity contribution >= 4 is 50.3 Å². The highest BCUT2D eigenvalue weighted by Crippen LogP contribution is 2.42. The number of thiophene rings is 1. The Morgan fingerprint density at radius 1 is 1.27 bits per heavy atom. The Morgan fingerprint density at radius 3 is 2.63 bits per heavy atom. The third-order valence-electron chi connectivity index (χ3n) is 4.13. The summed E-state index contributed by atoms with van der Waals surface area (Å²) >= 11 is 1.19. The molecule has 0 aliphatic heterocycles. The van der Waals surface area contributed by atoms with Crippen LogP contribution in [0.2, 0.25) is 0 Å². The monoisotopic (exact) mass is 426 g/mol. The lowest BCUT2D eigenvalue weighted by Gasteiger charge is -2.19. The van der Waals surface area contributed by atoms with E-state index in [2.05, 4.69) is 16.7 Å². The van der Waals surface area contributed by atoms with E-state index in [0.29, 0.717) is 27.1 Å². The molecule has 0 aliphatic rings. The molecule has 3 aromatic rings. The predicted octanol–water partition coefficient (Wildman–Crippen LogP) is 5.08. The van der Waals surface area contributed by atoms with Crippen LogP contribution in [0.25, 0.3) is 21.2 Å². The molecular formula is C21H19FN4O3S. The first-order valence-corrected chi connectivity index (χ1v) is 9.72. The summed E-state index contributed by atoms with van der Waals surface area (Å²) in [4.78, 5) is 22.8. The molecule has 154 valence electrons. The van der Waals surface area contributed by atoms with E-state index in [9.17, 15) is 19.2 Å². The van der Waals surface area contributed by atoms with Gasteiger partial charge in [-0.15, -0.1) is 11.3 Å². The van der Waals surface area contributed by atoms with E-state index < -0.39 is 17.5 Å². The van der Waals surface area contributed by atoms with Gasteiger partial charge in [0, 0.05) is 15.6 Å². The number of fused-ring (bicyclic) bond motifs is 1. The fourth-order valence-electron chi connectivity index (χ4n) is 2.95. The second-order valence-electron chi connectivity index (χ2n) is 7.37. The van der Waals surface area contributed by atoms with Crippen LogP contribution in [0.3, 0.4) is 0 Å². The lowest BCUT2D eigenvalue weighted by molar-refractivity contribution is -0.105. The van der Waals surface area contributed by atoms with Crippen LogP contribution in [0.1, 0.15) is 26.3 Å². The summed E-state index contributed by atoms with van der Waals surface area (Å²) in [6.45, 7) is 5.20. The Kier molecular flexibility index (Phi) is 5.62. The number of carbonyl (C=O) groups is 2. The molecule has 2 aromatic carbocycles. The molecule has 9 heteroatoms. The van der Waals surface area contributed by atoms with Gasteiger partial charge in [-0.1, -0.05) is 12.1 Å². The number of nitrogens with two attached hydrogens (primary N) is 1. The van der Waals surface area contributed by atoms with Crippen LogP contribution in [-0.4, -0.2) is 18.1 Å². The Bertz CT molecular complexity index is 1190. The fraction of sp³-hybridized carbons (Fsp3) is 0.190. The number of benzene rings is 2. The van der Waals surface area contributed by atoms with Gasteiger partial charge in [0.1, 0.15) is 16.7 Å². The number of anilines is 3. The molecule has 0 spiro atoms.